The lowest BCUT2D eigenvalue weighted by Crippen LogP contribution is -2.45. The van der Waals surface area contributed by atoms with Gasteiger partial charge >= 0.3 is 6.18 Å². The average molecular weight is 637 g/mol. The van der Waals surface area contributed by atoms with Gasteiger partial charge in [0.15, 0.2) is 5.69 Å². The van der Waals surface area contributed by atoms with Gasteiger partial charge in [-0.2, -0.15) is 13.2 Å². The third-order valence-electron chi connectivity index (χ3n) is 7.55. The largest absolute Gasteiger partial charge is 0.417 e. The van der Waals surface area contributed by atoms with Gasteiger partial charge in [0.1, 0.15) is 5.82 Å². The summed E-state index contributed by atoms with van der Waals surface area (Å²) < 4.78 is 42.3. The van der Waals surface area contributed by atoms with E-state index >= 15 is 0 Å². The number of aromatic nitrogens is 2. The summed E-state index contributed by atoms with van der Waals surface area (Å²) in [7, 11) is 0. The molecule has 0 atom stereocenters. The molecule has 5 nitrogen and oxygen atoms in total. The van der Waals surface area contributed by atoms with E-state index in [1.807, 2.05) is 41.8 Å². The molecular weight excluding hydrogens is 610 g/mol. The first-order valence-corrected chi connectivity index (χ1v) is 14.6. The van der Waals surface area contributed by atoms with Gasteiger partial charge in [-0.1, -0.05) is 66.3 Å². The number of halogens is 6. The van der Waals surface area contributed by atoms with Gasteiger partial charge in [-0.3, -0.25) is 9.36 Å². The summed E-state index contributed by atoms with van der Waals surface area (Å²) in [6.07, 6.45) is -3.27. The molecule has 0 radical (unpaired) electrons. The number of nitrogens with zero attached hydrogens (tertiary/aromatic N) is 3. The predicted molar refractivity (Wildman–Crippen MR) is 159 cm³/mol. The molecule has 1 fully saturated rings. The minimum absolute atomic E-state index is 0.0516. The Kier molecular flexibility index (Phi) is 8.63. The van der Waals surface area contributed by atoms with Gasteiger partial charge < -0.3 is 10.0 Å². The fraction of sp³-hybridized carbons (Fsp3) is 0.290. The smallest absolute Gasteiger partial charge is 0.385 e. The van der Waals surface area contributed by atoms with E-state index in [4.69, 9.17) is 39.8 Å². The molecule has 1 aliphatic heterocycles. The Balaban J connectivity index is 1.50. The minimum atomic E-state index is -4.65. The van der Waals surface area contributed by atoms with E-state index in [0.717, 1.165) is 24.2 Å². The van der Waals surface area contributed by atoms with Crippen molar-refractivity contribution < 1.29 is 23.1 Å². The number of hydrogen-bond acceptors (Lipinski definition) is 3. The van der Waals surface area contributed by atoms with E-state index in [9.17, 15) is 23.1 Å². The molecule has 1 amide bonds. The molecule has 1 saturated heterocycles. The van der Waals surface area contributed by atoms with Gasteiger partial charge in [0.05, 0.1) is 26.9 Å². The van der Waals surface area contributed by atoms with Crippen LogP contribution in [0.1, 0.15) is 53.5 Å². The number of amides is 1. The number of aliphatic hydroxyl groups is 1. The Labute approximate surface area is 256 Å². The highest BCUT2D eigenvalue weighted by atomic mass is 35.5. The normalized spacial score (nSPS) is 15.2. The number of carbonyl (C=O) groups excluding carboxylic acids is 1. The molecule has 3 aromatic carbocycles. The van der Waals surface area contributed by atoms with E-state index < -0.39 is 22.4 Å². The number of likely N-dealkylation sites (tertiary alicyclic amines) is 1. The maximum absolute atomic E-state index is 14.0. The second-order valence-electron chi connectivity index (χ2n) is 10.3. The third-order valence-corrected chi connectivity index (χ3v) is 8.46. The van der Waals surface area contributed by atoms with Gasteiger partial charge in [-0.05, 0) is 73.4 Å². The Morgan fingerprint density at radius 2 is 1.64 bits per heavy atom. The summed E-state index contributed by atoms with van der Waals surface area (Å²) >= 11 is 18.5. The maximum atomic E-state index is 14.0. The van der Waals surface area contributed by atoms with Crippen LogP contribution in [0, 0.1) is 0 Å². The van der Waals surface area contributed by atoms with Crippen molar-refractivity contribution in [3.8, 4) is 17.1 Å². The van der Waals surface area contributed by atoms with Crippen molar-refractivity contribution in [1.29, 1.82) is 0 Å². The molecule has 0 aliphatic carbocycles. The SMILES string of the molecule is CCCc1c(C(=O)N2CCC(O)(c3ccc(Cl)c(C(F)(F)F)c3)CC2)nc(-c2ccccc2Cl)n1-c1ccc(Cl)cc1. The number of benzene rings is 3. The number of imidazole rings is 1. The van der Waals surface area contributed by atoms with Crippen LogP contribution in [0.3, 0.4) is 0 Å². The first kappa shape index (κ1) is 30.4. The van der Waals surface area contributed by atoms with Crippen molar-refractivity contribution in [1.82, 2.24) is 14.5 Å². The van der Waals surface area contributed by atoms with Crippen LogP contribution in [0.5, 0.6) is 0 Å². The molecule has 42 heavy (non-hydrogen) atoms. The molecule has 1 aliphatic rings. The standard InChI is InChI=1S/C31H27Cl3F3N3O2/c1-2-5-26-27(38-28(22-6-3-4-7-24(22)33)40(26)21-11-9-20(32)10-12-21)29(41)39-16-14-30(42,15-17-39)19-8-13-25(34)23(18-19)31(35,36)37/h3-4,6-13,18,42H,2,5,14-17H2,1H3. The van der Waals surface area contributed by atoms with Crippen molar-refractivity contribution in [3.63, 3.8) is 0 Å². The molecule has 220 valence electrons. The molecule has 4 aromatic rings. The van der Waals surface area contributed by atoms with Crippen LogP contribution in [-0.4, -0.2) is 38.6 Å². The van der Waals surface area contributed by atoms with Crippen LogP contribution in [0.15, 0.2) is 66.7 Å². The molecule has 1 aromatic heterocycles. The number of carbonyl (C=O) groups is 1. The quantitative estimate of drug-likeness (QED) is 0.231. The Morgan fingerprint density at radius 3 is 2.26 bits per heavy atom. The highest BCUT2D eigenvalue weighted by Gasteiger charge is 2.40. The van der Waals surface area contributed by atoms with Crippen molar-refractivity contribution in [3.05, 3.63) is 104 Å². The van der Waals surface area contributed by atoms with Crippen molar-refractivity contribution in [2.75, 3.05) is 13.1 Å². The van der Waals surface area contributed by atoms with Crippen LogP contribution in [0.2, 0.25) is 15.1 Å². The Morgan fingerprint density at radius 1 is 0.976 bits per heavy atom. The van der Waals surface area contributed by atoms with E-state index in [1.165, 1.54) is 6.07 Å². The number of alkyl halides is 3. The van der Waals surface area contributed by atoms with Crippen LogP contribution in [0.4, 0.5) is 13.2 Å². The lowest BCUT2D eigenvalue weighted by atomic mass is 9.83. The van der Waals surface area contributed by atoms with Gasteiger partial charge in [0.2, 0.25) is 0 Å². The number of piperidine rings is 1. The molecule has 5 rings (SSSR count). The van der Waals surface area contributed by atoms with Gasteiger partial charge in [0, 0.05) is 29.4 Å². The zero-order valence-electron chi connectivity index (χ0n) is 22.6. The molecule has 2 heterocycles. The Bertz CT molecular complexity index is 1610. The highest BCUT2D eigenvalue weighted by Crippen LogP contribution is 2.40. The van der Waals surface area contributed by atoms with Crippen molar-refractivity contribution in [2.24, 2.45) is 0 Å². The number of hydrogen-bond donors (Lipinski definition) is 1. The molecule has 11 heteroatoms. The van der Waals surface area contributed by atoms with Gasteiger partial charge in [0.25, 0.3) is 5.91 Å². The zero-order valence-corrected chi connectivity index (χ0v) is 24.8. The molecule has 1 N–H and O–H groups in total. The number of rotatable bonds is 6. The second kappa shape index (κ2) is 11.9. The van der Waals surface area contributed by atoms with E-state index in [1.54, 1.807) is 23.1 Å². The lowest BCUT2D eigenvalue weighted by Gasteiger charge is -2.38. The van der Waals surface area contributed by atoms with E-state index in [-0.39, 0.29) is 43.1 Å². The second-order valence-corrected chi connectivity index (χ2v) is 11.5. The van der Waals surface area contributed by atoms with Crippen LogP contribution < -0.4 is 0 Å². The van der Waals surface area contributed by atoms with E-state index in [0.29, 0.717) is 33.5 Å². The summed E-state index contributed by atoms with van der Waals surface area (Å²) in [4.78, 5) is 20.4. The fourth-order valence-electron chi connectivity index (χ4n) is 5.33. The molecule has 0 unspecified atom stereocenters. The summed E-state index contributed by atoms with van der Waals surface area (Å²) in [5, 5.41) is 11.9. The van der Waals surface area contributed by atoms with Gasteiger partial charge in [-0.25, -0.2) is 4.98 Å². The van der Waals surface area contributed by atoms with Crippen LogP contribution in [0.25, 0.3) is 17.1 Å². The summed E-state index contributed by atoms with van der Waals surface area (Å²) in [6, 6.07) is 17.9. The molecular formula is C31H27Cl3F3N3O2. The zero-order chi connectivity index (χ0) is 30.2. The van der Waals surface area contributed by atoms with Crippen LogP contribution in [-0.2, 0) is 18.2 Å². The predicted octanol–water partition coefficient (Wildman–Crippen LogP) is 8.59. The first-order chi connectivity index (χ1) is 19.9. The molecule has 0 saturated carbocycles. The fourth-order valence-corrected chi connectivity index (χ4v) is 5.91. The molecule has 0 bridgehead atoms. The minimum Gasteiger partial charge on any atom is -0.385 e. The summed E-state index contributed by atoms with van der Waals surface area (Å²) in [5.74, 6) is 0.178. The highest BCUT2D eigenvalue weighted by molar-refractivity contribution is 6.33. The monoisotopic (exact) mass is 635 g/mol. The van der Waals surface area contributed by atoms with E-state index in [2.05, 4.69) is 0 Å². The summed E-state index contributed by atoms with van der Waals surface area (Å²) in [6.45, 7) is 2.26. The van der Waals surface area contributed by atoms with Gasteiger partial charge in [-0.15, -0.1) is 0 Å². The third kappa shape index (κ3) is 5.91. The van der Waals surface area contributed by atoms with Crippen LogP contribution >= 0.6 is 34.8 Å². The van der Waals surface area contributed by atoms with Crippen molar-refractivity contribution >= 4 is 40.7 Å². The average Bonchev–Trinajstić information content (AvgIpc) is 3.32. The van der Waals surface area contributed by atoms with Crippen molar-refractivity contribution in [2.45, 2.75) is 44.4 Å². The maximum Gasteiger partial charge on any atom is 0.417 e. The first-order valence-electron chi connectivity index (χ1n) is 13.4. The molecule has 0 spiro atoms. The summed E-state index contributed by atoms with van der Waals surface area (Å²) in [5.41, 5.74) is -0.0454. The topological polar surface area (TPSA) is 58.4 Å². The Hall–Kier alpha value is -3.04. The lowest BCUT2D eigenvalue weighted by molar-refractivity contribution is -0.137.